The SMILES string of the molecule is N#Cc1ccc(COc2ccc3c(c2)CC(NCc2nc4ccc(C(=O)O)cc4n2CC2CCO2)CC3)c(F)c1. The minimum absolute atomic E-state index is 0.0858. The standard InChI is InChI=1S/C31H29FN4O4/c32-27-11-19(15-33)1-2-22(27)18-40-25-7-4-20-3-6-24(12-23(20)13-25)34-16-30-35-28-8-5-21(31(37)38)14-29(28)36(30)17-26-9-10-39-26/h1-2,4-5,7-8,11,13-14,24,26,34H,3,6,9-10,12,16-18H2,(H,37,38). The molecule has 0 saturated carbocycles. The quantitative estimate of drug-likeness (QED) is 0.315. The molecule has 2 atom stereocenters. The van der Waals surface area contributed by atoms with Crippen molar-refractivity contribution in [3.8, 4) is 11.8 Å². The zero-order valence-corrected chi connectivity index (χ0v) is 21.9. The van der Waals surface area contributed by atoms with E-state index in [-0.39, 0.29) is 29.9 Å². The Morgan fingerprint density at radius 2 is 2.05 bits per heavy atom. The smallest absolute Gasteiger partial charge is 0.335 e. The third-order valence-electron chi connectivity index (χ3n) is 7.79. The van der Waals surface area contributed by atoms with Gasteiger partial charge < -0.3 is 24.5 Å². The monoisotopic (exact) mass is 540 g/mol. The number of ether oxygens (including phenoxy) is 2. The molecular weight excluding hydrogens is 511 g/mol. The number of benzene rings is 3. The Morgan fingerprint density at radius 3 is 2.80 bits per heavy atom. The molecule has 1 aliphatic carbocycles. The molecule has 2 N–H and O–H groups in total. The van der Waals surface area contributed by atoms with Crippen LogP contribution in [0.5, 0.6) is 5.75 Å². The van der Waals surface area contributed by atoms with Crippen LogP contribution in [0.3, 0.4) is 0 Å². The summed E-state index contributed by atoms with van der Waals surface area (Å²) in [4.78, 5) is 16.4. The van der Waals surface area contributed by atoms with Crippen LogP contribution in [0.25, 0.3) is 11.0 Å². The van der Waals surface area contributed by atoms with Crippen molar-refractivity contribution in [2.75, 3.05) is 6.61 Å². The second-order valence-corrected chi connectivity index (χ2v) is 10.4. The molecule has 0 amide bonds. The predicted octanol–water partition coefficient (Wildman–Crippen LogP) is 4.76. The van der Waals surface area contributed by atoms with Crippen LogP contribution in [-0.4, -0.2) is 39.4 Å². The number of nitriles is 1. The normalized spacial score (nSPS) is 18.1. The fourth-order valence-electron chi connectivity index (χ4n) is 5.40. The first-order chi connectivity index (χ1) is 19.5. The molecule has 4 aromatic rings. The van der Waals surface area contributed by atoms with Crippen LogP contribution in [0.4, 0.5) is 4.39 Å². The van der Waals surface area contributed by atoms with E-state index in [2.05, 4.69) is 16.0 Å². The summed E-state index contributed by atoms with van der Waals surface area (Å²) in [5, 5.41) is 22.1. The summed E-state index contributed by atoms with van der Waals surface area (Å²) >= 11 is 0. The molecule has 1 fully saturated rings. The topological polar surface area (TPSA) is 109 Å². The molecule has 2 heterocycles. The number of carboxylic acids is 1. The minimum Gasteiger partial charge on any atom is -0.489 e. The van der Waals surface area contributed by atoms with Crippen LogP contribution in [0.2, 0.25) is 0 Å². The van der Waals surface area contributed by atoms with Gasteiger partial charge in [-0.3, -0.25) is 0 Å². The summed E-state index contributed by atoms with van der Waals surface area (Å²) in [7, 11) is 0. The molecule has 2 unspecified atom stereocenters. The third-order valence-corrected chi connectivity index (χ3v) is 7.79. The predicted molar refractivity (Wildman–Crippen MR) is 146 cm³/mol. The maximum atomic E-state index is 14.3. The number of imidazole rings is 1. The van der Waals surface area contributed by atoms with Gasteiger partial charge in [0.2, 0.25) is 0 Å². The van der Waals surface area contributed by atoms with Crippen molar-refractivity contribution >= 4 is 17.0 Å². The lowest BCUT2D eigenvalue weighted by molar-refractivity contribution is -0.0590. The van der Waals surface area contributed by atoms with Crippen molar-refractivity contribution in [1.82, 2.24) is 14.9 Å². The molecule has 6 rings (SSSR count). The maximum Gasteiger partial charge on any atom is 0.335 e. The molecule has 1 aromatic heterocycles. The highest BCUT2D eigenvalue weighted by molar-refractivity contribution is 5.92. The van der Waals surface area contributed by atoms with Crippen LogP contribution in [0.1, 0.15) is 51.3 Å². The van der Waals surface area contributed by atoms with E-state index in [9.17, 15) is 14.3 Å². The molecular formula is C31H29FN4O4. The molecule has 1 saturated heterocycles. The Bertz CT molecular complexity index is 1620. The molecule has 40 heavy (non-hydrogen) atoms. The average molecular weight is 541 g/mol. The number of nitrogens with one attached hydrogen (secondary N) is 1. The van der Waals surface area contributed by atoms with Crippen molar-refractivity contribution in [3.63, 3.8) is 0 Å². The fourth-order valence-corrected chi connectivity index (χ4v) is 5.40. The molecule has 1 aliphatic heterocycles. The van der Waals surface area contributed by atoms with Gasteiger partial charge in [-0.15, -0.1) is 0 Å². The highest BCUT2D eigenvalue weighted by Crippen LogP contribution is 2.28. The van der Waals surface area contributed by atoms with Gasteiger partial charge in [0.1, 0.15) is 24.0 Å². The molecule has 9 heteroatoms. The summed E-state index contributed by atoms with van der Waals surface area (Å²) in [6, 6.07) is 17.6. The molecule has 204 valence electrons. The van der Waals surface area contributed by atoms with Crippen molar-refractivity contribution < 1.29 is 23.8 Å². The summed E-state index contributed by atoms with van der Waals surface area (Å²) in [6.07, 6.45) is 3.84. The second-order valence-electron chi connectivity index (χ2n) is 10.4. The van der Waals surface area contributed by atoms with Gasteiger partial charge in [0.05, 0.1) is 47.4 Å². The number of halogens is 1. The van der Waals surface area contributed by atoms with Gasteiger partial charge in [-0.1, -0.05) is 12.1 Å². The lowest BCUT2D eigenvalue weighted by atomic mass is 9.88. The summed E-state index contributed by atoms with van der Waals surface area (Å²) < 4.78 is 27.9. The van der Waals surface area contributed by atoms with Crippen LogP contribution in [-0.2, 0) is 37.3 Å². The highest BCUT2D eigenvalue weighted by Gasteiger charge is 2.24. The van der Waals surface area contributed by atoms with Gasteiger partial charge >= 0.3 is 5.97 Å². The lowest BCUT2D eigenvalue weighted by Gasteiger charge is -2.28. The maximum absolute atomic E-state index is 14.3. The lowest BCUT2D eigenvalue weighted by Crippen LogP contribution is -2.36. The first-order valence-corrected chi connectivity index (χ1v) is 13.5. The molecule has 3 aromatic carbocycles. The van der Waals surface area contributed by atoms with Crippen LogP contribution in [0, 0.1) is 17.1 Å². The van der Waals surface area contributed by atoms with E-state index >= 15 is 0 Å². The molecule has 8 nitrogen and oxygen atoms in total. The number of aromatic carboxylic acids is 1. The van der Waals surface area contributed by atoms with E-state index in [1.807, 2.05) is 18.2 Å². The first kappa shape index (κ1) is 26.0. The minimum atomic E-state index is -0.958. The number of hydrogen-bond acceptors (Lipinski definition) is 6. The summed E-state index contributed by atoms with van der Waals surface area (Å²) in [5.41, 5.74) is 4.99. The van der Waals surface area contributed by atoms with Crippen molar-refractivity contribution in [2.45, 2.75) is 57.5 Å². The van der Waals surface area contributed by atoms with E-state index in [1.165, 1.54) is 17.2 Å². The van der Waals surface area contributed by atoms with E-state index in [0.717, 1.165) is 49.1 Å². The number of hydrogen-bond donors (Lipinski definition) is 2. The molecule has 0 spiro atoms. The first-order valence-electron chi connectivity index (χ1n) is 13.5. The van der Waals surface area contributed by atoms with Gasteiger partial charge in [0.15, 0.2) is 0 Å². The van der Waals surface area contributed by atoms with Crippen LogP contribution >= 0.6 is 0 Å². The largest absolute Gasteiger partial charge is 0.489 e. The van der Waals surface area contributed by atoms with Crippen molar-refractivity contribution in [3.05, 3.63) is 94.1 Å². The van der Waals surface area contributed by atoms with Crippen LogP contribution < -0.4 is 10.1 Å². The Hall–Kier alpha value is -4.26. The molecule has 0 radical (unpaired) electrons. The summed E-state index contributed by atoms with van der Waals surface area (Å²) in [5.74, 6) is 0.135. The van der Waals surface area contributed by atoms with E-state index in [0.29, 0.717) is 24.4 Å². The number of carbonyl (C=O) groups is 1. The second kappa shape index (κ2) is 11.1. The molecule has 2 aliphatic rings. The van der Waals surface area contributed by atoms with E-state index in [4.69, 9.17) is 19.7 Å². The van der Waals surface area contributed by atoms with Crippen LogP contribution in [0.15, 0.2) is 54.6 Å². The van der Waals surface area contributed by atoms with E-state index in [1.54, 1.807) is 30.3 Å². The van der Waals surface area contributed by atoms with Gasteiger partial charge in [-0.2, -0.15) is 5.26 Å². The zero-order valence-electron chi connectivity index (χ0n) is 21.9. The fraction of sp³-hybridized carbons (Fsp3) is 0.323. The Balaban J connectivity index is 1.14. The third kappa shape index (κ3) is 5.41. The van der Waals surface area contributed by atoms with E-state index < -0.39 is 11.8 Å². The Kier molecular flexibility index (Phi) is 7.20. The average Bonchev–Trinajstić information content (AvgIpc) is 3.29. The van der Waals surface area contributed by atoms with Gasteiger partial charge in [0.25, 0.3) is 0 Å². The zero-order chi connectivity index (χ0) is 27.6. The number of rotatable bonds is 9. The van der Waals surface area contributed by atoms with Gasteiger partial charge in [-0.25, -0.2) is 14.2 Å². The molecule has 0 bridgehead atoms. The number of carboxylic acid groups (broad SMARTS) is 1. The summed E-state index contributed by atoms with van der Waals surface area (Å²) in [6.45, 7) is 2.03. The van der Waals surface area contributed by atoms with Gasteiger partial charge in [0, 0.05) is 18.2 Å². The van der Waals surface area contributed by atoms with Crippen molar-refractivity contribution in [2.24, 2.45) is 0 Å². The van der Waals surface area contributed by atoms with Crippen molar-refractivity contribution in [1.29, 1.82) is 5.26 Å². The highest BCUT2D eigenvalue weighted by atomic mass is 19.1. The Labute approximate surface area is 231 Å². The number of nitrogens with zero attached hydrogens (tertiary/aromatic N) is 3. The Morgan fingerprint density at radius 1 is 1.18 bits per heavy atom. The number of aromatic nitrogens is 2. The van der Waals surface area contributed by atoms with Gasteiger partial charge in [-0.05, 0) is 79.3 Å². The number of fused-ring (bicyclic) bond motifs is 2. The number of aryl methyl sites for hydroxylation is 1.